The summed E-state index contributed by atoms with van der Waals surface area (Å²) in [7, 11) is 0. The normalized spacial score (nSPS) is 17.8. The van der Waals surface area contributed by atoms with E-state index in [9.17, 15) is 9.59 Å². The Morgan fingerprint density at radius 1 is 1.39 bits per heavy atom. The van der Waals surface area contributed by atoms with Gasteiger partial charge < -0.3 is 5.32 Å². The number of rotatable bonds is 3. The van der Waals surface area contributed by atoms with Crippen LogP contribution in [0.3, 0.4) is 0 Å². The molecule has 0 unspecified atom stereocenters. The fourth-order valence-electron chi connectivity index (χ4n) is 2.74. The summed E-state index contributed by atoms with van der Waals surface area (Å²) in [6.07, 6.45) is 1.81. The maximum atomic E-state index is 12.3. The molecule has 1 aliphatic heterocycles. The molecule has 2 N–H and O–H groups in total. The van der Waals surface area contributed by atoms with Crippen LogP contribution in [0.4, 0.5) is 10.9 Å². The van der Waals surface area contributed by atoms with Gasteiger partial charge >= 0.3 is 0 Å². The van der Waals surface area contributed by atoms with E-state index in [2.05, 4.69) is 20.5 Å². The van der Waals surface area contributed by atoms with Gasteiger partial charge in [-0.3, -0.25) is 19.6 Å². The number of carbonyl (C=O) groups excluding carboxylic acids is 2. The lowest BCUT2D eigenvalue weighted by Gasteiger charge is -2.13. The highest BCUT2D eigenvalue weighted by atomic mass is 32.1. The fourth-order valence-corrected chi connectivity index (χ4v) is 3.27. The van der Waals surface area contributed by atoms with Gasteiger partial charge in [-0.15, -0.1) is 11.3 Å². The quantitative estimate of drug-likeness (QED) is 0.770. The number of aromatic nitrogens is 3. The zero-order valence-electron chi connectivity index (χ0n) is 12.0. The molecule has 3 heterocycles. The van der Waals surface area contributed by atoms with Crippen LogP contribution in [0.1, 0.15) is 6.42 Å². The number of hydrogen-bond acceptors (Lipinski definition) is 5. The van der Waals surface area contributed by atoms with E-state index in [-0.39, 0.29) is 18.2 Å². The number of nitrogens with one attached hydrogen (secondary N) is 2. The van der Waals surface area contributed by atoms with Crippen molar-refractivity contribution in [3.63, 3.8) is 0 Å². The Kier molecular flexibility index (Phi) is 3.30. The summed E-state index contributed by atoms with van der Waals surface area (Å²) in [6, 6.07) is 7.61. The van der Waals surface area contributed by atoms with Gasteiger partial charge in [0.25, 0.3) is 0 Å². The lowest BCUT2D eigenvalue weighted by molar-refractivity contribution is -0.122. The van der Waals surface area contributed by atoms with Gasteiger partial charge in [0.15, 0.2) is 10.9 Å². The third-order valence-corrected chi connectivity index (χ3v) is 4.55. The van der Waals surface area contributed by atoms with Crippen LogP contribution in [0.25, 0.3) is 10.9 Å². The number of carbonyl (C=O) groups is 2. The molecule has 7 nitrogen and oxygen atoms in total. The van der Waals surface area contributed by atoms with Crippen LogP contribution in [0.5, 0.6) is 0 Å². The van der Waals surface area contributed by atoms with Gasteiger partial charge in [-0.2, -0.15) is 5.10 Å². The van der Waals surface area contributed by atoms with Gasteiger partial charge in [0.05, 0.1) is 11.4 Å². The summed E-state index contributed by atoms with van der Waals surface area (Å²) in [4.78, 5) is 30.2. The molecular formula is C15H13N5O2S. The smallest absolute Gasteiger partial charge is 0.231 e. The fraction of sp³-hybridized carbons (Fsp3) is 0.200. The van der Waals surface area contributed by atoms with Crippen LogP contribution in [0, 0.1) is 5.92 Å². The molecule has 3 aromatic rings. The van der Waals surface area contributed by atoms with Crippen LogP contribution >= 0.6 is 11.3 Å². The van der Waals surface area contributed by atoms with E-state index in [4.69, 9.17) is 0 Å². The SMILES string of the molecule is O=C(Nc1nccs1)[C@H]1CC(=O)N(c2n[nH]c3ccccc23)C1. The van der Waals surface area contributed by atoms with E-state index < -0.39 is 5.92 Å². The molecule has 8 heteroatoms. The highest BCUT2D eigenvalue weighted by Gasteiger charge is 2.37. The average Bonchev–Trinajstić information content (AvgIpc) is 3.26. The van der Waals surface area contributed by atoms with Crippen molar-refractivity contribution in [1.82, 2.24) is 15.2 Å². The Morgan fingerprint density at radius 2 is 2.26 bits per heavy atom. The van der Waals surface area contributed by atoms with Crippen LogP contribution < -0.4 is 10.2 Å². The molecule has 0 radical (unpaired) electrons. The molecule has 1 saturated heterocycles. The highest BCUT2D eigenvalue weighted by Crippen LogP contribution is 2.30. The second-order valence-electron chi connectivity index (χ2n) is 5.32. The summed E-state index contributed by atoms with van der Waals surface area (Å²) < 4.78 is 0. The van der Waals surface area contributed by atoms with Crippen LogP contribution in [0.15, 0.2) is 35.8 Å². The number of para-hydroxylation sites is 1. The van der Waals surface area contributed by atoms with Gasteiger partial charge in [0, 0.05) is 29.9 Å². The molecule has 4 rings (SSSR count). The lowest BCUT2D eigenvalue weighted by atomic mass is 10.1. The van der Waals surface area contributed by atoms with E-state index in [1.165, 1.54) is 11.3 Å². The first-order valence-electron chi connectivity index (χ1n) is 7.16. The molecule has 2 amide bonds. The van der Waals surface area contributed by atoms with Crippen LogP contribution in [0.2, 0.25) is 0 Å². The minimum absolute atomic E-state index is 0.0958. The van der Waals surface area contributed by atoms with E-state index >= 15 is 0 Å². The second kappa shape index (κ2) is 5.47. The van der Waals surface area contributed by atoms with Crippen molar-refractivity contribution in [1.29, 1.82) is 0 Å². The third kappa shape index (κ3) is 2.46. The number of thiazole rings is 1. The zero-order valence-corrected chi connectivity index (χ0v) is 12.8. The molecule has 0 bridgehead atoms. The standard InChI is InChI=1S/C15H13N5O2S/c21-12-7-9(14(22)17-15-16-5-6-23-15)8-20(12)13-10-3-1-2-4-11(10)18-19-13/h1-6,9H,7-8H2,(H,18,19)(H,16,17,22)/t9-/m0/s1. The molecule has 23 heavy (non-hydrogen) atoms. The van der Waals surface area contributed by atoms with Crippen molar-refractivity contribution < 1.29 is 9.59 Å². The molecule has 1 fully saturated rings. The maximum absolute atomic E-state index is 12.3. The predicted molar refractivity (Wildman–Crippen MR) is 87.3 cm³/mol. The Labute approximate surface area is 135 Å². The number of anilines is 2. The summed E-state index contributed by atoms with van der Waals surface area (Å²) in [5, 5.41) is 13.1. The Morgan fingerprint density at radius 3 is 3.09 bits per heavy atom. The van der Waals surface area contributed by atoms with E-state index in [0.29, 0.717) is 17.5 Å². The average molecular weight is 327 g/mol. The molecule has 1 aromatic carbocycles. The minimum Gasteiger partial charge on any atom is -0.302 e. The van der Waals surface area contributed by atoms with Crippen molar-refractivity contribution in [3.8, 4) is 0 Å². The van der Waals surface area contributed by atoms with Crippen molar-refractivity contribution in [3.05, 3.63) is 35.8 Å². The summed E-state index contributed by atoms with van der Waals surface area (Å²) >= 11 is 1.35. The van der Waals surface area contributed by atoms with Crippen molar-refractivity contribution >= 4 is 45.0 Å². The number of H-pyrrole nitrogens is 1. The summed E-state index contributed by atoms with van der Waals surface area (Å²) in [5.74, 6) is -0.103. The summed E-state index contributed by atoms with van der Waals surface area (Å²) in [5.41, 5.74) is 0.867. The predicted octanol–water partition coefficient (Wildman–Crippen LogP) is 2.01. The Hall–Kier alpha value is -2.74. The topological polar surface area (TPSA) is 91.0 Å². The Bertz CT molecular complexity index is 873. The lowest BCUT2D eigenvalue weighted by Crippen LogP contribution is -2.28. The molecule has 0 aliphatic carbocycles. The maximum Gasteiger partial charge on any atom is 0.231 e. The van der Waals surface area contributed by atoms with Gasteiger partial charge in [-0.05, 0) is 12.1 Å². The van der Waals surface area contributed by atoms with Crippen LogP contribution in [-0.4, -0.2) is 33.5 Å². The Balaban J connectivity index is 1.55. The van der Waals surface area contributed by atoms with E-state index in [0.717, 1.165) is 10.9 Å². The number of benzene rings is 1. The van der Waals surface area contributed by atoms with Gasteiger partial charge in [-0.25, -0.2) is 4.98 Å². The number of amides is 2. The van der Waals surface area contributed by atoms with Crippen LogP contribution in [-0.2, 0) is 9.59 Å². The van der Waals surface area contributed by atoms with Crippen molar-refractivity contribution in [2.45, 2.75) is 6.42 Å². The van der Waals surface area contributed by atoms with Gasteiger partial charge in [0.1, 0.15) is 0 Å². The van der Waals surface area contributed by atoms with Gasteiger partial charge in [-0.1, -0.05) is 12.1 Å². The molecule has 0 saturated carbocycles. The first kappa shape index (κ1) is 13.9. The largest absolute Gasteiger partial charge is 0.302 e. The first-order chi connectivity index (χ1) is 11.2. The van der Waals surface area contributed by atoms with E-state index in [1.54, 1.807) is 16.5 Å². The molecule has 1 atom stereocenters. The van der Waals surface area contributed by atoms with Crippen molar-refractivity contribution in [2.24, 2.45) is 5.92 Å². The molecular weight excluding hydrogens is 314 g/mol. The third-order valence-electron chi connectivity index (χ3n) is 3.86. The molecule has 1 aliphatic rings. The zero-order chi connectivity index (χ0) is 15.8. The number of hydrogen-bond donors (Lipinski definition) is 2. The molecule has 0 spiro atoms. The second-order valence-corrected chi connectivity index (χ2v) is 6.22. The first-order valence-corrected chi connectivity index (χ1v) is 8.04. The molecule has 2 aromatic heterocycles. The van der Waals surface area contributed by atoms with Gasteiger partial charge in [0.2, 0.25) is 11.8 Å². The molecule has 116 valence electrons. The number of nitrogens with zero attached hydrogens (tertiary/aromatic N) is 3. The minimum atomic E-state index is -0.401. The van der Waals surface area contributed by atoms with E-state index in [1.807, 2.05) is 24.3 Å². The number of aromatic amines is 1. The summed E-state index contributed by atoms with van der Waals surface area (Å²) in [6.45, 7) is 0.324. The van der Waals surface area contributed by atoms with Crippen molar-refractivity contribution in [2.75, 3.05) is 16.8 Å². The highest BCUT2D eigenvalue weighted by molar-refractivity contribution is 7.13. The monoisotopic (exact) mass is 327 g/mol. The number of fused-ring (bicyclic) bond motifs is 1.